The molecule has 0 aromatic heterocycles. The molecular formula is C15H15N3. The molecular weight excluding hydrogens is 222 g/mol. The highest BCUT2D eigenvalue weighted by Gasteiger charge is 2.16. The predicted molar refractivity (Wildman–Crippen MR) is 74.1 cm³/mol. The second-order valence-electron chi connectivity index (χ2n) is 4.24. The fourth-order valence-corrected chi connectivity index (χ4v) is 1.97. The van der Waals surface area contributed by atoms with Crippen molar-refractivity contribution in [3.8, 4) is 17.2 Å². The number of nitrogens with zero attached hydrogens (tertiary/aromatic N) is 1. The van der Waals surface area contributed by atoms with Crippen molar-refractivity contribution in [2.24, 2.45) is 0 Å². The lowest BCUT2D eigenvalue weighted by Gasteiger charge is -2.05. The lowest BCUT2D eigenvalue weighted by Crippen LogP contribution is -1.89. The largest absolute Gasteiger partial charge is 0.355 e. The Labute approximate surface area is 107 Å². The van der Waals surface area contributed by atoms with Crippen LogP contribution < -0.4 is 11.5 Å². The minimum absolute atomic E-state index is 0. The number of aryl methyl sites for hydroxylation is 1. The SMILES string of the molecule is N.N#CCCc1ccc(Nc2ccc3cc2-3)cc1. The summed E-state index contributed by atoms with van der Waals surface area (Å²) in [6, 6.07) is 16.8. The monoisotopic (exact) mass is 237 g/mol. The van der Waals surface area contributed by atoms with Gasteiger partial charge in [0.15, 0.2) is 0 Å². The zero-order valence-electron chi connectivity index (χ0n) is 10.1. The van der Waals surface area contributed by atoms with E-state index >= 15 is 0 Å². The van der Waals surface area contributed by atoms with Crippen LogP contribution in [0, 0.1) is 11.3 Å². The van der Waals surface area contributed by atoms with Crippen LogP contribution in [-0.2, 0) is 6.42 Å². The molecule has 1 aromatic carbocycles. The molecule has 18 heavy (non-hydrogen) atoms. The van der Waals surface area contributed by atoms with Gasteiger partial charge in [-0.15, -0.1) is 0 Å². The van der Waals surface area contributed by atoms with Gasteiger partial charge in [0, 0.05) is 23.4 Å². The van der Waals surface area contributed by atoms with E-state index in [1.54, 1.807) is 0 Å². The zero-order chi connectivity index (χ0) is 11.7. The summed E-state index contributed by atoms with van der Waals surface area (Å²) in [6.07, 6.45) is 1.41. The van der Waals surface area contributed by atoms with Gasteiger partial charge < -0.3 is 11.5 Å². The zero-order valence-corrected chi connectivity index (χ0v) is 10.1. The van der Waals surface area contributed by atoms with Gasteiger partial charge >= 0.3 is 0 Å². The van der Waals surface area contributed by atoms with E-state index in [1.807, 2.05) is 0 Å². The molecule has 0 amide bonds. The number of nitrogens with one attached hydrogen (secondary N) is 1. The van der Waals surface area contributed by atoms with E-state index in [0.29, 0.717) is 6.42 Å². The smallest absolute Gasteiger partial charge is 0.0625 e. The second-order valence-corrected chi connectivity index (χ2v) is 4.24. The average molecular weight is 237 g/mol. The maximum atomic E-state index is 8.52. The molecule has 0 unspecified atom stereocenters. The third-order valence-corrected chi connectivity index (χ3v) is 3.01. The van der Waals surface area contributed by atoms with Gasteiger partial charge in [0.1, 0.15) is 0 Å². The van der Waals surface area contributed by atoms with E-state index in [2.05, 4.69) is 53.9 Å². The van der Waals surface area contributed by atoms with Crippen LogP contribution in [0.2, 0.25) is 0 Å². The standard InChI is InChI=1S/C15H12N2.H3N/c16-9-1-2-11-3-6-13(7-4-11)17-15-8-5-12-10-14(12)15;/h3-8,10,17H,1-2H2;1H3. The van der Waals surface area contributed by atoms with Gasteiger partial charge in [-0.2, -0.15) is 5.26 Å². The number of hydrogen-bond donors (Lipinski definition) is 2. The molecule has 0 spiro atoms. The lowest BCUT2D eigenvalue weighted by molar-refractivity contribution is 1.01. The predicted octanol–water partition coefficient (Wildman–Crippen LogP) is 4.03. The lowest BCUT2D eigenvalue weighted by atomic mass is 10.1. The van der Waals surface area contributed by atoms with E-state index in [9.17, 15) is 0 Å². The first-order valence-corrected chi connectivity index (χ1v) is 5.74. The third-order valence-electron chi connectivity index (χ3n) is 3.01. The van der Waals surface area contributed by atoms with Gasteiger partial charge in [-0.05, 0) is 41.8 Å². The number of nitriles is 1. The Balaban J connectivity index is 0.00000120. The molecule has 0 atom stereocenters. The van der Waals surface area contributed by atoms with Crippen LogP contribution in [-0.4, -0.2) is 0 Å². The number of benzene rings is 2. The molecule has 0 aliphatic heterocycles. The van der Waals surface area contributed by atoms with Gasteiger partial charge in [0.05, 0.1) is 6.07 Å². The van der Waals surface area contributed by atoms with Gasteiger partial charge in [-0.3, -0.25) is 0 Å². The Hall–Kier alpha value is -2.31. The number of fused-ring (bicyclic) bond motifs is 1. The van der Waals surface area contributed by atoms with Crippen molar-refractivity contribution in [2.75, 3.05) is 5.32 Å². The normalized spacial score (nSPS) is 10.2. The summed E-state index contributed by atoms with van der Waals surface area (Å²) in [5.41, 5.74) is 6.17. The molecule has 2 aliphatic carbocycles. The van der Waals surface area contributed by atoms with Crippen molar-refractivity contribution in [3.05, 3.63) is 48.0 Å². The molecule has 3 heteroatoms. The van der Waals surface area contributed by atoms with Gasteiger partial charge in [-0.25, -0.2) is 0 Å². The molecule has 0 saturated heterocycles. The number of hydrogen-bond acceptors (Lipinski definition) is 3. The van der Waals surface area contributed by atoms with Crippen LogP contribution in [0.3, 0.4) is 0 Å². The Bertz CT molecular complexity index is 594. The van der Waals surface area contributed by atoms with Gasteiger partial charge in [0.25, 0.3) is 0 Å². The summed E-state index contributed by atoms with van der Waals surface area (Å²) >= 11 is 0. The Morgan fingerprint density at radius 1 is 1.06 bits per heavy atom. The molecule has 4 N–H and O–H groups in total. The van der Waals surface area contributed by atoms with Crippen LogP contribution in [0.5, 0.6) is 0 Å². The fourth-order valence-electron chi connectivity index (χ4n) is 1.97. The summed E-state index contributed by atoms with van der Waals surface area (Å²) in [4.78, 5) is 0. The summed E-state index contributed by atoms with van der Waals surface area (Å²) in [5, 5.41) is 11.9. The first kappa shape index (κ1) is 12.2. The van der Waals surface area contributed by atoms with E-state index in [-0.39, 0.29) is 6.15 Å². The quantitative estimate of drug-likeness (QED) is 0.719. The topological polar surface area (TPSA) is 70.8 Å². The summed E-state index contributed by atoms with van der Waals surface area (Å²) in [6.45, 7) is 0. The van der Waals surface area contributed by atoms with Crippen molar-refractivity contribution in [1.29, 1.82) is 5.26 Å². The minimum atomic E-state index is 0. The Kier molecular flexibility index (Phi) is 3.31. The van der Waals surface area contributed by atoms with E-state index < -0.39 is 0 Å². The first-order valence-electron chi connectivity index (χ1n) is 5.74. The molecule has 0 heterocycles. The summed E-state index contributed by atoms with van der Waals surface area (Å²) in [7, 11) is 0. The molecule has 3 rings (SSSR count). The third kappa shape index (κ3) is 2.34. The molecule has 0 saturated carbocycles. The fraction of sp³-hybridized carbons (Fsp3) is 0.133. The van der Waals surface area contributed by atoms with E-state index in [0.717, 1.165) is 12.1 Å². The van der Waals surface area contributed by atoms with Crippen LogP contribution >= 0.6 is 0 Å². The highest BCUT2D eigenvalue weighted by atomic mass is 14.9. The number of anilines is 2. The van der Waals surface area contributed by atoms with Crippen LogP contribution in [0.25, 0.3) is 11.1 Å². The van der Waals surface area contributed by atoms with Crippen molar-refractivity contribution in [3.63, 3.8) is 0 Å². The molecule has 90 valence electrons. The maximum absolute atomic E-state index is 8.52. The summed E-state index contributed by atoms with van der Waals surface area (Å²) in [5.74, 6) is 0. The van der Waals surface area contributed by atoms with Gasteiger partial charge in [0.2, 0.25) is 0 Å². The van der Waals surface area contributed by atoms with Crippen LogP contribution in [0.4, 0.5) is 11.4 Å². The average Bonchev–Trinajstić information content (AvgIpc) is 3.05. The van der Waals surface area contributed by atoms with E-state index in [4.69, 9.17) is 5.26 Å². The molecule has 3 nitrogen and oxygen atoms in total. The second kappa shape index (κ2) is 4.91. The highest BCUT2D eigenvalue weighted by Crippen LogP contribution is 2.42. The maximum Gasteiger partial charge on any atom is 0.0625 e. The minimum Gasteiger partial charge on any atom is -0.355 e. The van der Waals surface area contributed by atoms with Crippen molar-refractivity contribution >= 4 is 11.4 Å². The van der Waals surface area contributed by atoms with Crippen LogP contribution in [0.1, 0.15) is 12.0 Å². The summed E-state index contributed by atoms with van der Waals surface area (Å²) < 4.78 is 0. The molecule has 0 bridgehead atoms. The van der Waals surface area contributed by atoms with Crippen molar-refractivity contribution in [2.45, 2.75) is 12.8 Å². The Morgan fingerprint density at radius 2 is 1.83 bits per heavy atom. The molecule has 0 radical (unpaired) electrons. The Morgan fingerprint density at radius 3 is 2.39 bits per heavy atom. The number of rotatable bonds is 4. The molecule has 1 aromatic rings. The molecule has 0 fully saturated rings. The first-order chi connectivity index (χ1) is 8.36. The molecule has 2 aliphatic rings. The van der Waals surface area contributed by atoms with Crippen molar-refractivity contribution < 1.29 is 0 Å². The highest BCUT2D eigenvalue weighted by molar-refractivity contribution is 5.94. The van der Waals surface area contributed by atoms with Gasteiger partial charge in [-0.1, -0.05) is 18.2 Å². The van der Waals surface area contributed by atoms with E-state index in [1.165, 1.54) is 22.4 Å². The van der Waals surface area contributed by atoms with Crippen LogP contribution in [0.15, 0.2) is 42.5 Å². The van der Waals surface area contributed by atoms with Crippen molar-refractivity contribution in [1.82, 2.24) is 6.15 Å².